The van der Waals surface area contributed by atoms with Crippen molar-refractivity contribution in [2.24, 2.45) is 0 Å². The molecule has 0 aromatic heterocycles. The zero-order valence-electron chi connectivity index (χ0n) is 12.8. The van der Waals surface area contributed by atoms with Crippen molar-refractivity contribution < 1.29 is 4.79 Å². The smallest absolute Gasteiger partial charge is 0.250 e. The molecule has 4 rings (SSSR count). The Bertz CT molecular complexity index is 698. The lowest BCUT2D eigenvalue weighted by Crippen LogP contribution is -2.36. The molecule has 112 valence electrons. The Hall–Kier alpha value is -2.13. The SMILES string of the molecule is Cc1ccccc1N1C(=O)[C@@H](c2ccccc2)N2CCC[C@H]12. The number of hydrogen-bond acceptors (Lipinski definition) is 2. The van der Waals surface area contributed by atoms with Gasteiger partial charge >= 0.3 is 0 Å². The second-order valence-electron chi connectivity index (χ2n) is 6.17. The van der Waals surface area contributed by atoms with Gasteiger partial charge in [-0.05, 0) is 37.0 Å². The highest BCUT2D eigenvalue weighted by atomic mass is 16.2. The summed E-state index contributed by atoms with van der Waals surface area (Å²) >= 11 is 0. The normalized spacial score (nSPS) is 24.8. The van der Waals surface area contributed by atoms with Crippen LogP contribution in [0.15, 0.2) is 54.6 Å². The number of hydrogen-bond donors (Lipinski definition) is 0. The number of benzene rings is 2. The van der Waals surface area contributed by atoms with Crippen LogP contribution in [0.3, 0.4) is 0 Å². The number of amides is 1. The van der Waals surface area contributed by atoms with Gasteiger partial charge in [0.15, 0.2) is 0 Å². The van der Waals surface area contributed by atoms with E-state index < -0.39 is 0 Å². The van der Waals surface area contributed by atoms with Gasteiger partial charge in [0.1, 0.15) is 6.04 Å². The standard InChI is InChI=1S/C19H20N2O/c1-14-8-5-6-11-16(14)21-17-12-7-13-20(17)18(19(21)22)15-9-3-2-4-10-15/h2-6,8-11,17-18H,7,12-13H2,1H3/t17-,18+/m0/s1. The Labute approximate surface area is 131 Å². The minimum Gasteiger partial charge on any atom is -0.294 e. The van der Waals surface area contributed by atoms with E-state index in [0.717, 1.165) is 36.2 Å². The second kappa shape index (κ2) is 5.25. The quantitative estimate of drug-likeness (QED) is 0.845. The van der Waals surface area contributed by atoms with Crippen LogP contribution in [0.1, 0.15) is 30.0 Å². The fourth-order valence-corrected chi connectivity index (χ4v) is 3.85. The summed E-state index contributed by atoms with van der Waals surface area (Å²) in [7, 11) is 0. The van der Waals surface area contributed by atoms with Gasteiger partial charge < -0.3 is 0 Å². The number of nitrogens with zero attached hydrogens (tertiary/aromatic N) is 2. The summed E-state index contributed by atoms with van der Waals surface area (Å²) < 4.78 is 0. The number of fused-ring (bicyclic) bond motifs is 1. The third-order valence-corrected chi connectivity index (χ3v) is 4.85. The van der Waals surface area contributed by atoms with Crippen molar-refractivity contribution in [1.82, 2.24) is 4.90 Å². The summed E-state index contributed by atoms with van der Waals surface area (Å²) in [5.41, 5.74) is 3.33. The van der Waals surface area contributed by atoms with Gasteiger partial charge in [0.05, 0.1) is 6.17 Å². The lowest BCUT2D eigenvalue weighted by Gasteiger charge is -2.25. The second-order valence-corrected chi connectivity index (χ2v) is 6.17. The summed E-state index contributed by atoms with van der Waals surface area (Å²) in [6.45, 7) is 3.08. The largest absolute Gasteiger partial charge is 0.294 e. The number of rotatable bonds is 2. The van der Waals surface area contributed by atoms with E-state index in [1.807, 2.05) is 35.2 Å². The molecule has 1 amide bonds. The molecule has 0 saturated carbocycles. The number of aryl methyl sites for hydroxylation is 1. The molecule has 2 aliphatic heterocycles. The third kappa shape index (κ3) is 1.97. The highest BCUT2D eigenvalue weighted by Crippen LogP contribution is 2.42. The highest BCUT2D eigenvalue weighted by molar-refractivity contribution is 6.01. The van der Waals surface area contributed by atoms with Gasteiger partial charge in [-0.25, -0.2) is 0 Å². The number of carbonyl (C=O) groups is 1. The maximum Gasteiger partial charge on any atom is 0.250 e. The van der Waals surface area contributed by atoms with Crippen molar-refractivity contribution in [2.75, 3.05) is 11.4 Å². The molecule has 3 nitrogen and oxygen atoms in total. The predicted octanol–water partition coefficient (Wildman–Crippen LogP) is 3.50. The predicted molar refractivity (Wildman–Crippen MR) is 87.6 cm³/mol. The maximum absolute atomic E-state index is 13.2. The van der Waals surface area contributed by atoms with Crippen LogP contribution < -0.4 is 4.90 Å². The Morgan fingerprint density at radius 3 is 2.50 bits per heavy atom. The zero-order valence-corrected chi connectivity index (χ0v) is 12.8. The van der Waals surface area contributed by atoms with Gasteiger partial charge in [0, 0.05) is 12.2 Å². The van der Waals surface area contributed by atoms with E-state index in [1.54, 1.807) is 0 Å². The first kappa shape index (κ1) is 13.5. The van der Waals surface area contributed by atoms with Crippen molar-refractivity contribution in [2.45, 2.75) is 32.0 Å². The number of anilines is 1. The third-order valence-electron chi connectivity index (χ3n) is 4.85. The van der Waals surface area contributed by atoms with E-state index in [1.165, 1.54) is 0 Å². The first-order chi connectivity index (χ1) is 10.8. The molecule has 2 aliphatic rings. The molecular formula is C19H20N2O. The molecule has 2 aromatic rings. The van der Waals surface area contributed by atoms with E-state index in [0.29, 0.717) is 0 Å². The van der Waals surface area contributed by atoms with E-state index in [4.69, 9.17) is 0 Å². The molecule has 2 aromatic carbocycles. The van der Waals surface area contributed by atoms with E-state index >= 15 is 0 Å². The van der Waals surface area contributed by atoms with Crippen LogP contribution in [-0.4, -0.2) is 23.5 Å². The Kier molecular flexibility index (Phi) is 3.23. The summed E-state index contributed by atoms with van der Waals surface area (Å²) in [5, 5.41) is 0. The zero-order chi connectivity index (χ0) is 15.1. The van der Waals surface area contributed by atoms with Crippen LogP contribution >= 0.6 is 0 Å². The Morgan fingerprint density at radius 2 is 1.73 bits per heavy atom. The van der Waals surface area contributed by atoms with Crippen LogP contribution in [0.4, 0.5) is 5.69 Å². The van der Waals surface area contributed by atoms with Gasteiger partial charge in [-0.1, -0.05) is 48.5 Å². The van der Waals surface area contributed by atoms with Crippen molar-refractivity contribution in [3.8, 4) is 0 Å². The van der Waals surface area contributed by atoms with Gasteiger partial charge in [-0.3, -0.25) is 14.6 Å². The van der Waals surface area contributed by atoms with E-state index in [9.17, 15) is 4.79 Å². The monoisotopic (exact) mass is 292 g/mol. The van der Waals surface area contributed by atoms with Crippen LogP contribution in [0.5, 0.6) is 0 Å². The molecule has 2 heterocycles. The van der Waals surface area contributed by atoms with Crippen LogP contribution in [0, 0.1) is 6.92 Å². The summed E-state index contributed by atoms with van der Waals surface area (Å²) in [5.74, 6) is 0.213. The average molecular weight is 292 g/mol. The first-order valence-corrected chi connectivity index (χ1v) is 7.97. The topological polar surface area (TPSA) is 23.6 Å². The lowest BCUT2D eigenvalue weighted by atomic mass is 10.1. The fraction of sp³-hybridized carbons (Fsp3) is 0.316. The molecule has 0 radical (unpaired) electrons. The van der Waals surface area contributed by atoms with Gasteiger partial charge in [0.2, 0.25) is 5.91 Å². The van der Waals surface area contributed by atoms with E-state index in [2.05, 4.69) is 36.1 Å². The van der Waals surface area contributed by atoms with E-state index in [-0.39, 0.29) is 18.1 Å². The van der Waals surface area contributed by atoms with Gasteiger partial charge in [0.25, 0.3) is 0 Å². The Balaban J connectivity index is 1.78. The molecule has 0 unspecified atom stereocenters. The molecule has 0 spiro atoms. The molecule has 0 aliphatic carbocycles. The molecule has 2 fully saturated rings. The highest BCUT2D eigenvalue weighted by Gasteiger charge is 2.49. The molecule has 2 saturated heterocycles. The van der Waals surface area contributed by atoms with Crippen molar-refractivity contribution in [3.63, 3.8) is 0 Å². The van der Waals surface area contributed by atoms with Gasteiger partial charge in [-0.2, -0.15) is 0 Å². The molecule has 2 atom stereocenters. The first-order valence-electron chi connectivity index (χ1n) is 7.97. The number of carbonyl (C=O) groups excluding carboxylic acids is 1. The van der Waals surface area contributed by atoms with Gasteiger partial charge in [-0.15, -0.1) is 0 Å². The minimum absolute atomic E-state index is 0.131. The van der Waals surface area contributed by atoms with Crippen LogP contribution in [0.2, 0.25) is 0 Å². The van der Waals surface area contributed by atoms with Crippen LogP contribution in [-0.2, 0) is 4.79 Å². The minimum atomic E-state index is -0.131. The lowest BCUT2D eigenvalue weighted by molar-refractivity contribution is -0.119. The van der Waals surface area contributed by atoms with Crippen molar-refractivity contribution in [3.05, 3.63) is 65.7 Å². The molecule has 3 heteroatoms. The molecule has 22 heavy (non-hydrogen) atoms. The van der Waals surface area contributed by atoms with Crippen molar-refractivity contribution >= 4 is 11.6 Å². The maximum atomic E-state index is 13.2. The van der Waals surface area contributed by atoms with Crippen molar-refractivity contribution in [1.29, 1.82) is 0 Å². The Morgan fingerprint density at radius 1 is 1.00 bits per heavy atom. The number of para-hydroxylation sites is 1. The fourth-order valence-electron chi connectivity index (χ4n) is 3.85. The summed E-state index contributed by atoms with van der Waals surface area (Å²) in [6.07, 6.45) is 2.42. The molecule has 0 N–H and O–H groups in total. The molecular weight excluding hydrogens is 272 g/mol. The van der Waals surface area contributed by atoms with Crippen LogP contribution in [0.25, 0.3) is 0 Å². The summed E-state index contributed by atoms with van der Waals surface area (Å²) in [4.78, 5) is 17.5. The average Bonchev–Trinajstić information content (AvgIpc) is 3.09. The summed E-state index contributed by atoms with van der Waals surface area (Å²) in [6, 6.07) is 18.2. The molecule has 0 bridgehead atoms.